The number of halogens is 1. The molecule has 2 heterocycles. The molecule has 140 valence electrons. The van der Waals surface area contributed by atoms with Gasteiger partial charge in [-0.15, -0.1) is 0 Å². The van der Waals surface area contributed by atoms with Gasteiger partial charge >= 0.3 is 0 Å². The minimum absolute atomic E-state index is 0.494. The number of hydrogen-bond donors (Lipinski definition) is 0. The van der Waals surface area contributed by atoms with E-state index in [1.165, 1.54) is 0 Å². The van der Waals surface area contributed by atoms with Gasteiger partial charge in [0.05, 0.1) is 29.4 Å². The zero-order valence-corrected chi connectivity index (χ0v) is 14.1. The highest BCUT2D eigenvalue weighted by molar-refractivity contribution is 6.30. The van der Waals surface area contributed by atoms with Crippen molar-refractivity contribution in [3.63, 3.8) is 0 Å². The van der Waals surface area contributed by atoms with Gasteiger partial charge in [0, 0.05) is 34.6 Å². The van der Waals surface area contributed by atoms with E-state index in [0.29, 0.717) is 0 Å². The van der Waals surface area contributed by atoms with Crippen molar-refractivity contribution >= 4 is 22.4 Å². The number of rotatable bonds is 3. The maximum atomic E-state index is 14.2. The Hall–Kier alpha value is -2.17. The molecule has 1 fully saturated rings. The molecule has 4 rings (SSSR count). The molecule has 1 aliphatic heterocycles. The van der Waals surface area contributed by atoms with Crippen molar-refractivity contribution in [2.24, 2.45) is 0 Å². The molecule has 0 N–H and O–H groups in total. The topological polar surface area (TPSA) is 38.1 Å². The third-order valence-electron chi connectivity index (χ3n) is 3.44. The molecular weight excluding hydrogens is 358 g/mol. The first-order valence-electron chi connectivity index (χ1n) is 18.4. The Morgan fingerprint density at radius 2 is 2.00 bits per heavy atom. The van der Waals surface area contributed by atoms with Crippen LogP contribution in [0.15, 0.2) is 53.1 Å². The number of aromatic nitrogens is 2. The molecule has 1 aromatic heterocycles. The van der Waals surface area contributed by atoms with E-state index >= 15 is 0 Å². The maximum Gasteiger partial charge on any atom is 0.274 e. The van der Waals surface area contributed by atoms with Crippen LogP contribution in [0.5, 0.6) is 0 Å². The molecule has 1 unspecified atom stereocenters. The van der Waals surface area contributed by atoms with Crippen molar-refractivity contribution in [2.75, 3.05) is 20.0 Å². The summed E-state index contributed by atoms with van der Waals surface area (Å²) < 4.78 is 184. The summed E-state index contributed by atoms with van der Waals surface area (Å²) in [5, 5.41) is 1.23. The Bertz CT molecular complexity index is 1940. The van der Waals surface area contributed by atoms with E-state index in [2.05, 4.69) is 5.10 Å². The molecule has 3 aromatic rings. The Balaban J connectivity index is 2.33. The highest BCUT2D eigenvalue weighted by atomic mass is 35.5. The van der Waals surface area contributed by atoms with E-state index < -0.39 is 142 Å². The fourth-order valence-electron chi connectivity index (χ4n) is 2.28. The molecule has 1 saturated heterocycles. The van der Waals surface area contributed by atoms with E-state index in [-0.39, 0.29) is 0 Å². The molecule has 5 heteroatoms. The van der Waals surface area contributed by atoms with Crippen LogP contribution in [0.1, 0.15) is 66.6 Å². The third kappa shape index (κ3) is 3.92. The van der Waals surface area contributed by atoms with E-state index in [9.17, 15) is 6.17 Å². The standard InChI is InChI=1S/C22H24ClN3O/c1-25-13-4-5-18(12-14-25)26-22(27)20-7-3-2-6-19(20)21(24-26)15-16-8-10-17(23)11-9-16/h2-3,6-11,18H,4-5,12-15H2,1H3/i1D3,2D,3D,4D2,5D2,6D,7D,8D,9D,10D,11D,12D2,13D2,14D2,18D. The summed E-state index contributed by atoms with van der Waals surface area (Å²) in [4.78, 5) is 13.3. The monoisotopic (exact) mass is 403 g/mol. The second-order valence-corrected chi connectivity index (χ2v) is 5.54. The minimum atomic E-state index is -4.48. The van der Waals surface area contributed by atoms with Crippen molar-refractivity contribution in [2.45, 2.75) is 31.6 Å². The molecule has 0 radical (unpaired) electrons. The van der Waals surface area contributed by atoms with E-state index in [1.54, 1.807) is 0 Å². The van der Waals surface area contributed by atoms with E-state index in [0.717, 1.165) is 0 Å². The van der Waals surface area contributed by atoms with Crippen molar-refractivity contribution in [1.82, 2.24) is 14.7 Å². The van der Waals surface area contributed by atoms with Gasteiger partial charge < -0.3 is 4.90 Å². The predicted octanol–water partition coefficient (Wildman–Crippen LogP) is 4.30. The Labute approximate surface area is 195 Å². The van der Waals surface area contributed by atoms with Crippen LogP contribution in [-0.4, -0.2) is 34.6 Å². The Morgan fingerprint density at radius 1 is 1.22 bits per heavy atom. The van der Waals surface area contributed by atoms with Crippen molar-refractivity contribution in [3.05, 3.63) is 75.0 Å². The Kier molecular flexibility index (Phi) is 1.65. The first-order chi connectivity index (χ1) is 21.8. The van der Waals surface area contributed by atoms with Crippen LogP contribution in [0, 0.1) is 0 Å². The highest BCUT2D eigenvalue weighted by Crippen LogP contribution is 2.23. The van der Waals surface area contributed by atoms with Crippen LogP contribution in [0.2, 0.25) is 5.02 Å². The average molecular weight is 404 g/mol. The summed E-state index contributed by atoms with van der Waals surface area (Å²) in [5.74, 6) is 0. The van der Waals surface area contributed by atoms with Gasteiger partial charge in [-0.05, 0) is 62.8 Å². The second kappa shape index (κ2) is 7.83. The summed E-state index contributed by atoms with van der Waals surface area (Å²) >= 11 is 5.88. The molecule has 0 bridgehead atoms. The van der Waals surface area contributed by atoms with Crippen LogP contribution in [0.25, 0.3) is 10.8 Å². The van der Waals surface area contributed by atoms with Gasteiger partial charge in [-0.2, -0.15) is 5.10 Å². The molecule has 4 nitrogen and oxygen atoms in total. The predicted molar refractivity (Wildman–Crippen MR) is 111 cm³/mol. The van der Waals surface area contributed by atoms with Crippen LogP contribution < -0.4 is 5.56 Å². The summed E-state index contributed by atoms with van der Waals surface area (Å²) in [6, 6.07) is -11.9. The lowest BCUT2D eigenvalue weighted by Crippen LogP contribution is -2.29. The van der Waals surface area contributed by atoms with Crippen molar-refractivity contribution < 1.29 is 30.2 Å². The maximum absolute atomic E-state index is 14.2. The van der Waals surface area contributed by atoms with Crippen molar-refractivity contribution in [3.8, 4) is 0 Å². The molecule has 1 aliphatic rings. The van der Waals surface area contributed by atoms with Gasteiger partial charge in [-0.3, -0.25) is 4.79 Å². The lowest BCUT2D eigenvalue weighted by atomic mass is 10.0. The fraction of sp³-hybridized carbons (Fsp3) is 0.364. The fourth-order valence-corrected chi connectivity index (χ4v) is 2.38. The van der Waals surface area contributed by atoms with Gasteiger partial charge in [-0.25, -0.2) is 4.68 Å². The molecule has 0 amide bonds. The summed E-state index contributed by atoms with van der Waals surface area (Å²) in [7, 11) is 0. The lowest BCUT2D eigenvalue weighted by molar-refractivity contribution is 0.334. The highest BCUT2D eigenvalue weighted by Gasteiger charge is 2.21. The van der Waals surface area contributed by atoms with Crippen LogP contribution in [0.3, 0.4) is 0 Å². The first kappa shape index (κ1) is 5.68. The van der Waals surface area contributed by atoms with E-state index in [1.807, 2.05) is 0 Å². The average Bonchev–Trinajstić information content (AvgIpc) is 2.98. The molecule has 0 saturated carbocycles. The van der Waals surface area contributed by atoms with Crippen molar-refractivity contribution in [1.29, 1.82) is 0 Å². The first-order valence-corrected chi connectivity index (χ1v) is 7.77. The largest absolute Gasteiger partial charge is 0.306 e. The smallest absolute Gasteiger partial charge is 0.274 e. The van der Waals surface area contributed by atoms with Gasteiger partial charge in [0.25, 0.3) is 5.56 Å². The molecule has 2 aromatic carbocycles. The number of nitrogens with zero attached hydrogens (tertiary/aromatic N) is 3. The molecule has 27 heavy (non-hydrogen) atoms. The minimum Gasteiger partial charge on any atom is -0.306 e. The lowest BCUT2D eigenvalue weighted by Gasteiger charge is -2.19. The number of hydrogen-bond acceptors (Lipinski definition) is 3. The Morgan fingerprint density at radius 3 is 2.78 bits per heavy atom. The van der Waals surface area contributed by atoms with Crippen LogP contribution >= 0.6 is 11.6 Å². The molecule has 0 aliphatic carbocycles. The van der Waals surface area contributed by atoms with Gasteiger partial charge in [0.1, 0.15) is 0 Å². The number of fused-ring (bicyclic) bond motifs is 1. The molecule has 1 atom stereocenters. The summed E-state index contributed by atoms with van der Waals surface area (Å²) in [6.07, 6.45) is -14.4. The normalized spacial score (nSPS) is 42.9. The molecule has 0 spiro atoms. The van der Waals surface area contributed by atoms with Gasteiger partial charge in [0.2, 0.25) is 0 Å². The zero-order valence-electron chi connectivity index (χ0n) is 35.3. The molecular formula is C22H24ClN3O. The number of benzene rings is 2. The zero-order chi connectivity index (χ0) is 38.2. The van der Waals surface area contributed by atoms with Gasteiger partial charge in [0.15, 0.2) is 0 Å². The summed E-state index contributed by atoms with van der Waals surface area (Å²) in [5.41, 5.74) is -3.37. The quantitative estimate of drug-likeness (QED) is 0.654. The van der Waals surface area contributed by atoms with E-state index in [4.69, 9.17) is 40.4 Å². The number of likely N-dealkylation sites (tertiary alicyclic amines) is 1. The summed E-state index contributed by atoms with van der Waals surface area (Å²) in [6.45, 7) is -12.7. The second-order valence-electron chi connectivity index (χ2n) is 5.17. The van der Waals surface area contributed by atoms with Crippen LogP contribution in [0.4, 0.5) is 0 Å². The SMILES string of the molecule is [2H]c1c([2H])c(Cc2nn(C3([2H])C([2H])([2H])C([2H])([2H])N(C([2H])([2H])[2H])C([2H])([2H])C([2H])([2H])C3([2H])[2H])c(=O)c3c([2H])c([2H])c([2H])c([2H])c23)c([2H])c([2H])c1Cl. The van der Waals surface area contributed by atoms with Gasteiger partial charge in [-0.1, -0.05) is 41.8 Å². The van der Waals surface area contributed by atoms with Crippen LogP contribution in [-0.2, 0) is 6.42 Å². The third-order valence-corrected chi connectivity index (χ3v) is 3.63.